The van der Waals surface area contributed by atoms with Crippen LogP contribution in [0.2, 0.25) is 0 Å². The van der Waals surface area contributed by atoms with Gasteiger partial charge in [0.25, 0.3) is 6.43 Å². The number of halogens is 2. The lowest BCUT2D eigenvalue weighted by Gasteiger charge is -2.10. The van der Waals surface area contributed by atoms with Gasteiger partial charge in [-0.15, -0.1) is 0 Å². The first-order valence-corrected chi connectivity index (χ1v) is 4.18. The number of aliphatic hydroxyl groups excluding tert-OH is 1. The molecule has 3 N–H and O–H groups in total. The minimum absolute atomic E-state index is 0.139. The molecule has 0 atom stereocenters. The van der Waals surface area contributed by atoms with Crippen LogP contribution in [0.4, 0.5) is 8.78 Å². The average Bonchev–Trinajstić information content (AvgIpc) is 2.16. The van der Waals surface area contributed by atoms with Crippen molar-refractivity contribution in [2.24, 2.45) is 5.73 Å². The van der Waals surface area contributed by atoms with Crippen LogP contribution in [0, 0.1) is 6.92 Å². The van der Waals surface area contributed by atoms with Gasteiger partial charge in [-0.25, -0.2) is 8.78 Å². The highest BCUT2D eigenvalue weighted by atomic mass is 19.3. The summed E-state index contributed by atoms with van der Waals surface area (Å²) in [6, 6.07) is 1.26. The van der Waals surface area contributed by atoms with Crippen molar-refractivity contribution >= 4 is 0 Å². The number of hydrogen-bond donors (Lipinski definition) is 2. The summed E-state index contributed by atoms with van der Waals surface area (Å²) in [5, 5.41) is 8.91. The normalized spacial score (nSPS) is 11.0. The topological polar surface area (TPSA) is 59.1 Å². The highest BCUT2D eigenvalue weighted by Gasteiger charge is 2.14. The number of hydrogen-bond acceptors (Lipinski definition) is 3. The predicted octanol–water partition coefficient (Wildman–Crippen LogP) is 1.28. The van der Waals surface area contributed by atoms with Gasteiger partial charge in [-0.2, -0.15) is 0 Å². The molecule has 78 valence electrons. The Balaban J connectivity index is 3.23. The van der Waals surface area contributed by atoms with Gasteiger partial charge < -0.3 is 10.8 Å². The van der Waals surface area contributed by atoms with Crippen molar-refractivity contribution in [1.82, 2.24) is 4.98 Å². The maximum absolute atomic E-state index is 12.4. The average molecular weight is 202 g/mol. The second kappa shape index (κ2) is 4.43. The largest absolute Gasteiger partial charge is 0.392 e. The maximum Gasteiger partial charge on any atom is 0.265 e. The number of aromatic nitrogens is 1. The fraction of sp³-hybridized carbons (Fsp3) is 0.444. The smallest absolute Gasteiger partial charge is 0.265 e. The Labute approximate surface area is 80.6 Å². The molecule has 0 aliphatic carbocycles. The zero-order chi connectivity index (χ0) is 10.7. The van der Waals surface area contributed by atoms with E-state index in [9.17, 15) is 8.78 Å². The van der Waals surface area contributed by atoms with Crippen molar-refractivity contribution < 1.29 is 13.9 Å². The third-order valence-electron chi connectivity index (χ3n) is 2.02. The van der Waals surface area contributed by atoms with Crippen molar-refractivity contribution in [3.8, 4) is 0 Å². The molecule has 0 radical (unpaired) electrons. The van der Waals surface area contributed by atoms with Crippen LogP contribution in [0.25, 0.3) is 0 Å². The van der Waals surface area contributed by atoms with E-state index in [1.54, 1.807) is 0 Å². The molecule has 0 saturated carbocycles. The number of rotatable bonds is 3. The van der Waals surface area contributed by atoms with E-state index in [1.807, 2.05) is 0 Å². The third kappa shape index (κ3) is 2.05. The van der Waals surface area contributed by atoms with E-state index in [1.165, 1.54) is 13.0 Å². The lowest BCUT2D eigenvalue weighted by molar-refractivity contribution is 0.149. The molecule has 0 aliphatic heterocycles. The molecule has 1 aromatic heterocycles. The van der Waals surface area contributed by atoms with Crippen molar-refractivity contribution in [3.63, 3.8) is 0 Å². The van der Waals surface area contributed by atoms with Crippen LogP contribution in [0.3, 0.4) is 0 Å². The van der Waals surface area contributed by atoms with Crippen LogP contribution in [0.5, 0.6) is 0 Å². The summed E-state index contributed by atoms with van der Waals surface area (Å²) >= 11 is 0. The molecule has 0 amide bonds. The summed E-state index contributed by atoms with van der Waals surface area (Å²) in [6.07, 6.45) is -2.57. The van der Waals surface area contributed by atoms with Gasteiger partial charge in [0.15, 0.2) is 0 Å². The summed E-state index contributed by atoms with van der Waals surface area (Å²) in [5.41, 5.74) is 6.31. The van der Waals surface area contributed by atoms with E-state index in [0.29, 0.717) is 11.3 Å². The van der Waals surface area contributed by atoms with E-state index in [4.69, 9.17) is 10.8 Å². The van der Waals surface area contributed by atoms with Gasteiger partial charge in [0.05, 0.1) is 12.3 Å². The van der Waals surface area contributed by atoms with E-state index < -0.39 is 6.43 Å². The Hall–Kier alpha value is -1.07. The number of nitrogens with two attached hydrogens (primary N) is 1. The Morgan fingerprint density at radius 2 is 2.21 bits per heavy atom. The van der Waals surface area contributed by atoms with Crippen molar-refractivity contribution in [2.75, 3.05) is 0 Å². The standard InChI is InChI=1S/C9H12F2N2O/c1-5-7(9(10)11)2-6(4-14)8(3-12)13-5/h2,9,14H,3-4,12H2,1H3. The fourth-order valence-corrected chi connectivity index (χ4v) is 1.25. The number of nitrogens with zero attached hydrogens (tertiary/aromatic N) is 1. The Morgan fingerprint density at radius 1 is 1.57 bits per heavy atom. The summed E-state index contributed by atoms with van der Waals surface area (Å²) < 4.78 is 24.9. The molecule has 0 saturated heterocycles. The van der Waals surface area contributed by atoms with Crippen LogP contribution in [0.1, 0.15) is 28.9 Å². The minimum atomic E-state index is -2.57. The van der Waals surface area contributed by atoms with Gasteiger partial charge in [0.2, 0.25) is 0 Å². The molecule has 0 unspecified atom stereocenters. The third-order valence-corrected chi connectivity index (χ3v) is 2.02. The molecule has 0 bridgehead atoms. The lowest BCUT2D eigenvalue weighted by Crippen LogP contribution is -2.08. The number of aryl methyl sites for hydroxylation is 1. The molecule has 14 heavy (non-hydrogen) atoms. The molecule has 0 spiro atoms. The molecular weight excluding hydrogens is 190 g/mol. The Morgan fingerprint density at radius 3 is 2.64 bits per heavy atom. The van der Waals surface area contributed by atoms with E-state index >= 15 is 0 Å². The van der Waals surface area contributed by atoms with Crippen LogP contribution < -0.4 is 5.73 Å². The molecule has 1 rings (SSSR count). The monoisotopic (exact) mass is 202 g/mol. The van der Waals surface area contributed by atoms with Gasteiger partial charge in [-0.05, 0) is 13.0 Å². The molecule has 3 nitrogen and oxygen atoms in total. The molecule has 0 aliphatic rings. The van der Waals surface area contributed by atoms with E-state index in [-0.39, 0.29) is 24.4 Å². The lowest BCUT2D eigenvalue weighted by atomic mass is 10.1. The highest BCUT2D eigenvalue weighted by molar-refractivity contribution is 5.30. The van der Waals surface area contributed by atoms with Gasteiger partial charge >= 0.3 is 0 Å². The predicted molar refractivity (Wildman–Crippen MR) is 47.7 cm³/mol. The molecule has 0 aromatic carbocycles. The zero-order valence-corrected chi connectivity index (χ0v) is 7.80. The van der Waals surface area contributed by atoms with Crippen molar-refractivity contribution in [1.29, 1.82) is 0 Å². The second-order valence-corrected chi connectivity index (χ2v) is 2.93. The quantitative estimate of drug-likeness (QED) is 0.776. The first-order chi connectivity index (χ1) is 6.60. The van der Waals surface area contributed by atoms with Gasteiger partial charge in [-0.3, -0.25) is 4.98 Å². The highest BCUT2D eigenvalue weighted by Crippen LogP contribution is 2.23. The van der Waals surface area contributed by atoms with Gasteiger partial charge in [-0.1, -0.05) is 0 Å². The molecule has 5 heteroatoms. The maximum atomic E-state index is 12.4. The Kier molecular flexibility index (Phi) is 3.49. The van der Waals surface area contributed by atoms with E-state index in [2.05, 4.69) is 4.98 Å². The molecule has 1 heterocycles. The number of alkyl halides is 2. The van der Waals surface area contributed by atoms with E-state index in [0.717, 1.165) is 0 Å². The van der Waals surface area contributed by atoms with Crippen molar-refractivity contribution in [3.05, 3.63) is 28.6 Å². The van der Waals surface area contributed by atoms with Crippen molar-refractivity contribution in [2.45, 2.75) is 26.5 Å². The summed E-state index contributed by atoms with van der Waals surface area (Å²) in [5.74, 6) is 0. The van der Waals surface area contributed by atoms with Crippen LogP contribution in [0.15, 0.2) is 6.07 Å². The molecule has 1 aromatic rings. The number of pyridine rings is 1. The summed E-state index contributed by atoms with van der Waals surface area (Å²) in [6.45, 7) is 1.32. The molecule has 0 fully saturated rings. The fourth-order valence-electron chi connectivity index (χ4n) is 1.25. The summed E-state index contributed by atoms with van der Waals surface area (Å²) in [7, 11) is 0. The zero-order valence-electron chi connectivity index (χ0n) is 7.80. The number of aliphatic hydroxyl groups is 1. The van der Waals surface area contributed by atoms with Crippen LogP contribution >= 0.6 is 0 Å². The summed E-state index contributed by atoms with van der Waals surface area (Å²) in [4.78, 5) is 3.92. The Bertz CT molecular complexity index is 329. The first-order valence-electron chi connectivity index (χ1n) is 4.18. The van der Waals surface area contributed by atoms with Crippen LogP contribution in [-0.4, -0.2) is 10.1 Å². The molecular formula is C9H12F2N2O. The SMILES string of the molecule is Cc1nc(CN)c(CO)cc1C(F)F. The van der Waals surface area contributed by atoms with Crippen LogP contribution in [-0.2, 0) is 13.2 Å². The minimum Gasteiger partial charge on any atom is -0.392 e. The first kappa shape index (κ1) is 11.0. The van der Waals surface area contributed by atoms with Gasteiger partial charge in [0.1, 0.15) is 0 Å². The second-order valence-electron chi connectivity index (χ2n) is 2.93. The van der Waals surface area contributed by atoms with Gasteiger partial charge in [0, 0.05) is 23.4 Å².